The van der Waals surface area contributed by atoms with Crippen LogP contribution in [0.3, 0.4) is 0 Å². The number of nitrogens with zero attached hydrogens (tertiary/aromatic N) is 2. The van der Waals surface area contributed by atoms with Gasteiger partial charge in [-0.3, -0.25) is 9.78 Å². The van der Waals surface area contributed by atoms with Gasteiger partial charge in [-0.2, -0.15) is 0 Å². The van der Waals surface area contributed by atoms with Crippen LogP contribution in [0.2, 0.25) is 10.0 Å². The van der Waals surface area contributed by atoms with E-state index in [1.807, 2.05) is 0 Å². The number of amides is 1. The standard InChI is InChI=1S/C10H12Cl2N2O2/c1-6-8(11)9(12)7(5-13-6)10(16)14(2)3-4-15/h5,15H,3-4H2,1-2H3. The number of aromatic nitrogens is 1. The average molecular weight is 263 g/mol. The van der Waals surface area contributed by atoms with E-state index in [1.165, 1.54) is 11.1 Å². The van der Waals surface area contributed by atoms with Gasteiger partial charge >= 0.3 is 0 Å². The van der Waals surface area contributed by atoms with Crippen molar-refractivity contribution in [1.82, 2.24) is 9.88 Å². The van der Waals surface area contributed by atoms with Gasteiger partial charge in [0.1, 0.15) is 0 Å². The van der Waals surface area contributed by atoms with Crippen LogP contribution in [0.5, 0.6) is 0 Å². The van der Waals surface area contributed by atoms with Gasteiger partial charge in [0.25, 0.3) is 5.91 Å². The summed E-state index contributed by atoms with van der Waals surface area (Å²) < 4.78 is 0. The third kappa shape index (κ3) is 2.64. The molecule has 0 bridgehead atoms. The van der Waals surface area contributed by atoms with Gasteiger partial charge in [0, 0.05) is 19.8 Å². The predicted molar refractivity (Wildman–Crippen MR) is 63.0 cm³/mol. The second-order valence-corrected chi connectivity index (χ2v) is 4.09. The Morgan fingerprint density at radius 2 is 2.12 bits per heavy atom. The van der Waals surface area contributed by atoms with Crippen molar-refractivity contribution in [3.05, 3.63) is 27.5 Å². The molecule has 4 nitrogen and oxygen atoms in total. The SMILES string of the molecule is Cc1ncc(C(=O)N(C)CCO)c(Cl)c1Cl. The first-order valence-corrected chi connectivity index (χ1v) is 5.41. The maximum absolute atomic E-state index is 11.9. The molecule has 1 N–H and O–H groups in total. The van der Waals surface area contributed by atoms with Crippen molar-refractivity contribution >= 4 is 29.1 Å². The van der Waals surface area contributed by atoms with Gasteiger partial charge in [-0.05, 0) is 6.92 Å². The van der Waals surface area contributed by atoms with Gasteiger partial charge in [0.15, 0.2) is 0 Å². The first kappa shape index (κ1) is 13.2. The molecule has 6 heteroatoms. The highest BCUT2D eigenvalue weighted by molar-refractivity contribution is 6.44. The normalized spacial score (nSPS) is 10.3. The summed E-state index contributed by atoms with van der Waals surface area (Å²) in [6.07, 6.45) is 1.39. The van der Waals surface area contributed by atoms with Crippen molar-refractivity contribution in [3.63, 3.8) is 0 Å². The molecule has 0 aromatic carbocycles. The van der Waals surface area contributed by atoms with E-state index < -0.39 is 0 Å². The Labute approximate surface area is 104 Å². The van der Waals surface area contributed by atoms with E-state index in [1.54, 1.807) is 14.0 Å². The number of aliphatic hydroxyl groups is 1. The smallest absolute Gasteiger partial charge is 0.256 e. The molecule has 0 spiro atoms. The summed E-state index contributed by atoms with van der Waals surface area (Å²) >= 11 is 11.8. The third-order valence-electron chi connectivity index (χ3n) is 2.15. The highest BCUT2D eigenvalue weighted by Gasteiger charge is 2.18. The fourth-order valence-corrected chi connectivity index (χ4v) is 1.58. The lowest BCUT2D eigenvalue weighted by Crippen LogP contribution is -2.29. The van der Waals surface area contributed by atoms with E-state index >= 15 is 0 Å². The van der Waals surface area contributed by atoms with Gasteiger partial charge in [-0.25, -0.2) is 0 Å². The lowest BCUT2D eigenvalue weighted by Gasteiger charge is -2.16. The second-order valence-electron chi connectivity index (χ2n) is 3.34. The van der Waals surface area contributed by atoms with E-state index in [4.69, 9.17) is 28.3 Å². The summed E-state index contributed by atoms with van der Waals surface area (Å²) in [6.45, 7) is 1.84. The zero-order chi connectivity index (χ0) is 12.3. The van der Waals surface area contributed by atoms with Gasteiger partial charge in [-0.1, -0.05) is 23.2 Å². The highest BCUT2D eigenvalue weighted by atomic mass is 35.5. The van der Waals surface area contributed by atoms with Gasteiger partial charge in [0.2, 0.25) is 0 Å². The summed E-state index contributed by atoms with van der Waals surface area (Å²) in [6, 6.07) is 0. The molecule has 0 radical (unpaired) electrons. The van der Waals surface area contributed by atoms with Crippen LogP contribution >= 0.6 is 23.2 Å². The predicted octanol–water partition coefficient (Wildman–Crippen LogP) is 1.76. The fraction of sp³-hybridized carbons (Fsp3) is 0.400. The van der Waals surface area contributed by atoms with Gasteiger partial charge < -0.3 is 10.0 Å². The quantitative estimate of drug-likeness (QED) is 0.904. The summed E-state index contributed by atoms with van der Waals surface area (Å²) in [7, 11) is 1.57. The number of carbonyl (C=O) groups is 1. The molecule has 0 aliphatic heterocycles. The van der Waals surface area contributed by atoms with Crippen molar-refractivity contribution in [3.8, 4) is 0 Å². The summed E-state index contributed by atoms with van der Waals surface area (Å²) in [5.74, 6) is -0.312. The summed E-state index contributed by atoms with van der Waals surface area (Å²) in [5.41, 5.74) is 0.821. The Hall–Kier alpha value is -0.840. The largest absolute Gasteiger partial charge is 0.395 e. The number of aliphatic hydroxyl groups excluding tert-OH is 1. The maximum atomic E-state index is 11.9. The molecule has 0 atom stereocenters. The molecule has 0 fully saturated rings. The molecule has 1 heterocycles. The zero-order valence-corrected chi connectivity index (χ0v) is 10.5. The lowest BCUT2D eigenvalue weighted by molar-refractivity contribution is 0.0766. The summed E-state index contributed by atoms with van der Waals surface area (Å²) in [4.78, 5) is 17.2. The minimum Gasteiger partial charge on any atom is -0.395 e. The van der Waals surface area contributed by atoms with Crippen LogP contribution in [0.15, 0.2) is 6.20 Å². The molecule has 0 aliphatic carbocycles. The molecular formula is C10H12Cl2N2O2. The Bertz CT molecular complexity index is 410. The topological polar surface area (TPSA) is 53.4 Å². The zero-order valence-electron chi connectivity index (χ0n) is 9.00. The van der Waals surface area contributed by atoms with Crippen molar-refractivity contribution in [2.24, 2.45) is 0 Å². The number of halogens is 2. The van der Waals surface area contributed by atoms with Crippen molar-refractivity contribution < 1.29 is 9.90 Å². The van der Waals surface area contributed by atoms with Crippen molar-refractivity contribution in [2.75, 3.05) is 20.2 Å². The molecule has 1 aromatic rings. The minimum atomic E-state index is -0.312. The molecule has 88 valence electrons. The van der Waals surface area contributed by atoms with Crippen LogP contribution in [-0.2, 0) is 0 Å². The number of hydrogen-bond donors (Lipinski definition) is 1. The van der Waals surface area contributed by atoms with E-state index in [-0.39, 0.29) is 34.7 Å². The van der Waals surface area contributed by atoms with Crippen LogP contribution in [0.4, 0.5) is 0 Å². The van der Waals surface area contributed by atoms with Crippen LogP contribution in [0, 0.1) is 6.92 Å². The number of likely N-dealkylation sites (N-methyl/N-ethyl adjacent to an activating group) is 1. The first-order chi connectivity index (χ1) is 7.49. The van der Waals surface area contributed by atoms with Crippen LogP contribution in [0.1, 0.15) is 16.1 Å². The highest BCUT2D eigenvalue weighted by Crippen LogP contribution is 2.28. The summed E-state index contributed by atoms with van der Waals surface area (Å²) in [5, 5.41) is 9.21. The van der Waals surface area contributed by atoms with Crippen molar-refractivity contribution in [1.29, 1.82) is 0 Å². The Kier molecular flexibility index (Phi) is 4.53. The third-order valence-corrected chi connectivity index (χ3v) is 3.10. The molecule has 0 aliphatic rings. The molecule has 0 unspecified atom stereocenters. The van der Waals surface area contributed by atoms with Crippen LogP contribution in [0.25, 0.3) is 0 Å². The Morgan fingerprint density at radius 1 is 1.50 bits per heavy atom. The number of aryl methyl sites for hydroxylation is 1. The fourth-order valence-electron chi connectivity index (χ4n) is 1.16. The van der Waals surface area contributed by atoms with E-state index in [9.17, 15) is 4.79 Å². The van der Waals surface area contributed by atoms with Crippen LogP contribution < -0.4 is 0 Å². The van der Waals surface area contributed by atoms with Crippen LogP contribution in [-0.4, -0.2) is 41.1 Å². The van der Waals surface area contributed by atoms with Crippen molar-refractivity contribution in [2.45, 2.75) is 6.92 Å². The number of pyridine rings is 1. The number of hydrogen-bond acceptors (Lipinski definition) is 3. The average Bonchev–Trinajstić information content (AvgIpc) is 2.26. The Morgan fingerprint density at radius 3 is 2.69 bits per heavy atom. The van der Waals surface area contributed by atoms with E-state index in [0.29, 0.717) is 5.69 Å². The van der Waals surface area contributed by atoms with E-state index in [0.717, 1.165) is 0 Å². The number of rotatable bonds is 3. The second kappa shape index (κ2) is 5.48. The molecular weight excluding hydrogens is 251 g/mol. The molecule has 0 saturated carbocycles. The molecule has 0 saturated heterocycles. The van der Waals surface area contributed by atoms with E-state index in [2.05, 4.69) is 4.98 Å². The minimum absolute atomic E-state index is 0.104. The van der Waals surface area contributed by atoms with Gasteiger partial charge in [-0.15, -0.1) is 0 Å². The van der Waals surface area contributed by atoms with Gasteiger partial charge in [0.05, 0.1) is 27.9 Å². The monoisotopic (exact) mass is 262 g/mol. The number of carbonyl (C=O) groups excluding carboxylic acids is 1. The molecule has 1 rings (SSSR count). The Balaban J connectivity index is 3.05. The molecule has 1 amide bonds. The maximum Gasteiger partial charge on any atom is 0.256 e. The first-order valence-electron chi connectivity index (χ1n) is 4.66. The molecule has 16 heavy (non-hydrogen) atoms. The lowest BCUT2D eigenvalue weighted by atomic mass is 10.2. The molecule has 1 aromatic heterocycles.